The lowest BCUT2D eigenvalue weighted by atomic mass is 9.89. The molecule has 0 atom stereocenters. The van der Waals surface area contributed by atoms with Crippen molar-refractivity contribution in [2.75, 3.05) is 13.0 Å². The van der Waals surface area contributed by atoms with Crippen molar-refractivity contribution in [2.24, 2.45) is 0 Å². The third-order valence-electron chi connectivity index (χ3n) is 4.26. The summed E-state index contributed by atoms with van der Waals surface area (Å²) in [5.41, 5.74) is 1.02. The van der Waals surface area contributed by atoms with Gasteiger partial charge < -0.3 is 10.6 Å². The van der Waals surface area contributed by atoms with E-state index >= 15 is 0 Å². The molecule has 124 valence electrons. The van der Waals surface area contributed by atoms with Gasteiger partial charge in [0.25, 0.3) is 0 Å². The Morgan fingerprint density at radius 3 is 2.83 bits per heavy atom. The van der Waals surface area contributed by atoms with Gasteiger partial charge in [-0.25, -0.2) is 4.68 Å². The maximum atomic E-state index is 6.21. The molecule has 0 saturated heterocycles. The Balaban J connectivity index is 1.71. The van der Waals surface area contributed by atoms with E-state index in [2.05, 4.69) is 10.2 Å². The van der Waals surface area contributed by atoms with E-state index in [9.17, 15) is 0 Å². The Hall–Kier alpha value is -1.40. The second-order valence-electron chi connectivity index (χ2n) is 5.79. The minimum absolute atomic E-state index is 0.441. The highest BCUT2D eigenvalue weighted by Crippen LogP contribution is 2.33. The smallest absolute Gasteiger partial charge is 0.210 e. The number of benzene rings is 1. The van der Waals surface area contributed by atoms with E-state index in [1.165, 1.54) is 19.3 Å². The van der Waals surface area contributed by atoms with Crippen molar-refractivity contribution in [2.45, 2.75) is 48.9 Å². The molecule has 0 radical (unpaired) electrons. The van der Waals surface area contributed by atoms with E-state index in [0.29, 0.717) is 16.7 Å². The molecule has 1 saturated carbocycles. The predicted molar refractivity (Wildman–Crippen MR) is 93.6 cm³/mol. The number of hydrogen-bond donors (Lipinski definition) is 1. The molecule has 23 heavy (non-hydrogen) atoms. The minimum atomic E-state index is 0.441. The Bertz CT molecular complexity index is 670. The summed E-state index contributed by atoms with van der Waals surface area (Å²) in [4.78, 5) is 0. The number of ether oxygens (including phenoxy) is 1. The van der Waals surface area contributed by atoms with Gasteiger partial charge in [-0.2, -0.15) is 0 Å². The van der Waals surface area contributed by atoms with Gasteiger partial charge in [0.1, 0.15) is 5.75 Å². The summed E-state index contributed by atoms with van der Waals surface area (Å²) in [5, 5.41) is 10.0. The summed E-state index contributed by atoms with van der Waals surface area (Å²) in [5.74, 6) is 9.06. The fourth-order valence-electron chi connectivity index (χ4n) is 3.03. The summed E-state index contributed by atoms with van der Waals surface area (Å²) in [7, 11) is 1.66. The SMILES string of the molecule is COc1ccc(Cl)cc1CSc1nnc(C2CCCCC2)n1N. The summed E-state index contributed by atoms with van der Waals surface area (Å²) in [6, 6.07) is 5.60. The Morgan fingerprint density at radius 2 is 2.09 bits per heavy atom. The number of thioether (sulfide) groups is 1. The van der Waals surface area contributed by atoms with Crippen LogP contribution >= 0.6 is 23.4 Å². The molecular weight excluding hydrogens is 332 g/mol. The van der Waals surface area contributed by atoms with Gasteiger partial charge >= 0.3 is 0 Å². The highest BCUT2D eigenvalue weighted by Gasteiger charge is 2.22. The number of aromatic nitrogens is 3. The zero-order valence-electron chi connectivity index (χ0n) is 13.2. The van der Waals surface area contributed by atoms with Crippen LogP contribution in [-0.4, -0.2) is 22.0 Å². The highest BCUT2D eigenvalue weighted by molar-refractivity contribution is 7.98. The third kappa shape index (κ3) is 3.75. The molecule has 5 nitrogen and oxygen atoms in total. The number of halogens is 1. The van der Waals surface area contributed by atoms with Crippen LogP contribution in [0.5, 0.6) is 5.75 Å². The van der Waals surface area contributed by atoms with Crippen LogP contribution in [0.4, 0.5) is 0 Å². The molecule has 0 aliphatic heterocycles. The fraction of sp³-hybridized carbons (Fsp3) is 0.500. The van der Waals surface area contributed by atoms with Crippen LogP contribution in [0.2, 0.25) is 5.02 Å². The molecule has 1 aromatic heterocycles. The molecule has 1 heterocycles. The lowest BCUT2D eigenvalue weighted by molar-refractivity contribution is 0.411. The highest BCUT2D eigenvalue weighted by atomic mass is 35.5. The third-order valence-corrected chi connectivity index (χ3v) is 5.49. The zero-order chi connectivity index (χ0) is 16.2. The molecule has 1 aliphatic rings. The van der Waals surface area contributed by atoms with Gasteiger partial charge in [-0.3, -0.25) is 0 Å². The quantitative estimate of drug-likeness (QED) is 0.651. The fourth-order valence-corrected chi connectivity index (χ4v) is 4.06. The van der Waals surface area contributed by atoms with Crippen molar-refractivity contribution in [3.8, 4) is 5.75 Å². The van der Waals surface area contributed by atoms with Crippen molar-refractivity contribution >= 4 is 23.4 Å². The van der Waals surface area contributed by atoms with E-state index in [0.717, 1.165) is 35.1 Å². The van der Waals surface area contributed by atoms with E-state index in [4.69, 9.17) is 22.2 Å². The van der Waals surface area contributed by atoms with E-state index in [-0.39, 0.29) is 0 Å². The molecule has 2 N–H and O–H groups in total. The average molecular weight is 353 g/mol. The maximum absolute atomic E-state index is 6.21. The Labute approximate surface area is 145 Å². The Morgan fingerprint density at radius 1 is 1.30 bits per heavy atom. The lowest BCUT2D eigenvalue weighted by Gasteiger charge is -2.20. The van der Waals surface area contributed by atoms with E-state index in [1.807, 2.05) is 18.2 Å². The lowest BCUT2D eigenvalue weighted by Crippen LogP contribution is -2.18. The van der Waals surface area contributed by atoms with Gasteiger partial charge in [-0.05, 0) is 31.0 Å². The molecule has 0 spiro atoms. The second-order valence-corrected chi connectivity index (χ2v) is 7.17. The van der Waals surface area contributed by atoms with Gasteiger partial charge in [0.05, 0.1) is 7.11 Å². The number of nitrogen functional groups attached to an aromatic ring is 1. The molecule has 2 aromatic rings. The average Bonchev–Trinajstić information content (AvgIpc) is 2.94. The first-order valence-electron chi connectivity index (χ1n) is 7.84. The largest absolute Gasteiger partial charge is 0.496 e. The van der Waals surface area contributed by atoms with Crippen LogP contribution in [0, 0.1) is 0 Å². The second kappa shape index (κ2) is 7.45. The van der Waals surface area contributed by atoms with Crippen LogP contribution in [-0.2, 0) is 5.75 Å². The molecule has 7 heteroatoms. The summed E-state index contributed by atoms with van der Waals surface area (Å²) >= 11 is 7.62. The van der Waals surface area contributed by atoms with E-state index in [1.54, 1.807) is 23.5 Å². The van der Waals surface area contributed by atoms with Crippen molar-refractivity contribution in [3.63, 3.8) is 0 Å². The van der Waals surface area contributed by atoms with Crippen molar-refractivity contribution in [1.29, 1.82) is 0 Å². The van der Waals surface area contributed by atoms with Crippen LogP contribution in [0.25, 0.3) is 0 Å². The topological polar surface area (TPSA) is 66.0 Å². The first kappa shape index (κ1) is 16.5. The van der Waals surface area contributed by atoms with Crippen LogP contribution < -0.4 is 10.6 Å². The van der Waals surface area contributed by atoms with Crippen LogP contribution in [0.1, 0.15) is 49.4 Å². The molecule has 1 aromatic carbocycles. The predicted octanol–water partition coefficient (Wildman–Crippen LogP) is 3.99. The summed E-state index contributed by atoms with van der Waals surface area (Å²) < 4.78 is 7.02. The van der Waals surface area contributed by atoms with Gasteiger partial charge in [-0.1, -0.05) is 42.6 Å². The summed E-state index contributed by atoms with van der Waals surface area (Å²) in [6.45, 7) is 0. The van der Waals surface area contributed by atoms with Gasteiger partial charge in [0, 0.05) is 22.3 Å². The maximum Gasteiger partial charge on any atom is 0.210 e. The minimum Gasteiger partial charge on any atom is -0.496 e. The Kier molecular flexibility index (Phi) is 5.33. The van der Waals surface area contributed by atoms with Gasteiger partial charge in [0.2, 0.25) is 5.16 Å². The number of methoxy groups -OCH3 is 1. The van der Waals surface area contributed by atoms with Gasteiger partial charge in [0.15, 0.2) is 5.82 Å². The van der Waals surface area contributed by atoms with Crippen LogP contribution in [0.3, 0.4) is 0 Å². The first-order chi connectivity index (χ1) is 11.2. The zero-order valence-corrected chi connectivity index (χ0v) is 14.7. The number of nitrogens with zero attached hydrogens (tertiary/aromatic N) is 3. The summed E-state index contributed by atoms with van der Waals surface area (Å²) in [6.07, 6.45) is 6.12. The molecule has 0 bridgehead atoms. The molecule has 1 fully saturated rings. The van der Waals surface area contributed by atoms with E-state index < -0.39 is 0 Å². The molecular formula is C16H21ClN4OS. The van der Waals surface area contributed by atoms with Crippen molar-refractivity contribution in [1.82, 2.24) is 14.9 Å². The monoisotopic (exact) mass is 352 g/mol. The molecule has 1 aliphatic carbocycles. The standard InChI is InChI=1S/C16H21ClN4OS/c1-22-14-8-7-13(17)9-12(14)10-23-16-20-19-15(21(16)18)11-5-3-2-4-6-11/h7-9,11H,2-6,10,18H2,1H3. The van der Waals surface area contributed by atoms with Crippen LogP contribution in [0.15, 0.2) is 23.4 Å². The molecule has 0 amide bonds. The normalized spacial score (nSPS) is 15.7. The van der Waals surface area contributed by atoms with Crippen molar-refractivity contribution < 1.29 is 4.74 Å². The first-order valence-corrected chi connectivity index (χ1v) is 9.21. The number of nitrogens with two attached hydrogens (primary N) is 1. The number of hydrogen-bond acceptors (Lipinski definition) is 5. The molecule has 0 unspecified atom stereocenters. The number of rotatable bonds is 5. The van der Waals surface area contributed by atoms with Gasteiger partial charge in [-0.15, -0.1) is 10.2 Å². The van der Waals surface area contributed by atoms with Crippen molar-refractivity contribution in [3.05, 3.63) is 34.6 Å². The molecule has 3 rings (SSSR count).